The number of nitrogens with zero attached hydrogens (tertiary/aromatic N) is 3. The molecule has 1 heterocycles. The number of hydrogen-bond donors (Lipinski definition) is 3. The molecule has 0 aliphatic rings. The molecule has 3 N–H and O–H groups in total. The third kappa shape index (κ3) is 3.47. The number of rotatable bonds is 4. The van der Waals surface area contributed by atoms with Crippen LogP contribution in [0.2, 0.25) is 5.02 Å². The van der Waals surface area contributed by atoms with E-state index in [4.69, 9.17) is 16.9 Å². The van der Waals surface area contributed by atoms with Crippen molar-refractivity contribution in [1.29, 1.82) is 10.5 Å². The minimum absolute atomic E-state index is 0.166. The molecule has 156 valence electrons. The Labute approximate surface area is 184 Å². The van der Waals surface area contributed by atoms with Crippen molar-refractivity contribution < 1.29 is 8.78 Å². The normalized spacial score (nSPS) is 10.4. The highest BCUT2D eigenvalue weighted by molar-refractivity contribution is 6.34. The Morgan fingerprint density at radius 3 is 2.31 bits per heavy atom. The average molecular weight is 449 g/mol. The highest BCUT2D eigenvalue weighted by atomic mass is 35.5. The van der Waals surface area contributed by atoms with Crippen molar-refractivity contribution in [2.45, 2.75) is 0 Å². The number of fused-ring (bicyclic) bond motifs is 1. The zero-order valence-electron chi connectivity index (χ0n) is 16.0. The van der Waals surface area contributed by atoms with Gasteiger partial charge in [0.2, 0.25) is 0 Å². The summed E-state index contributed by atoms with van der Waals surface area (Å²) in [5, 5.41) is 23.7. The van der Waals surface area contributed by atoms with Gasteiger partial charge in [-0.2, -0.15) is 10.5 Å². The third-order valence-electron chi connectivity index (χ3n) is 4.65. The van der Waals surface area contributed by atoms with E-state index in [-0.39, 0.29) is 22.3 Å². The van der Waals surface area contributed by atoms with Gasteiger partial charge in [0, 0.05) is 5.69 Å². The molecule has 32 heavy (non-hydrogen) atoms. The first-order chi connectivity index (χ1) is 15.5. The van der Waals surface area contributed by atoms with Gasteiger partial charge in [0.25, 0.3) is 5.56 Å². The molecule has 0 unspecified atom stereocenters. The topological polar surface area (TPSA) is 117 Å². The van der Waals surface area contributed by atoms with Crippen LogP contribution in [0.25, 0.3) is 10.9 Å². The summed E-state index contributed by atoms with van der Waals surface area (Å²) in [6.07, 6.45) is 1.18. The average Bonchev–Trinajstić information content (AvgIpc) is 2.80. The maximum atomic E-state index is 14.5. The molecule has 0 saturated heterocycles. The van der Waals surface area contributed by atoms with E-state index in [1.54, 1.807) is 12.1 Å². The van der Waals surface area contributed by atoms with Gasteiger partial charge in [0.05, 0.1) is 28.8 Å². The second-order valence-electron chi connectivity index (χ2n) is 6.52. The lowest BCUT2D eigenvalue weighted by Crippen LogP contribution is -2.11. The minimum Gasteiger partial charge on any atom is -0.355 e. The van der Waals surface area contributed by atoms with Gasteiger partial charge in [0.1, 0.15) is 33.8 Å². The fourth-order valence-electron chi connectivity index (χ4n) is 3.18. The number of halogens is 3. The lowest BCUT2D eigenvalue weighted by atomic mass is 10.1. The predicted octanol–water partition coefficient (Wildman–Crippen LogP) is 5.09. The van der Waals surface area contributed by atoms with Crippen molar-refractivity contribution in [2.24, 2.45) is 0 Å². The molecule has 4 aromatic rings. The van der Waals surface area contributed by atoms with E-state index in [0.29, 0.717) is 5.69 Å². The number of nitrogens with one attached hydrogen (secondary N) is 3. The first-order valence-corrected chi connectivity index (χ1v) is 9.44. The zero-order chi connectivity index (χ0) is 22.8. The Morgan fingerprint density at radius 2 is 1.62 bits per heavy atom. The summed E-state index contributed by atoms with van der Waals surface area (Å²) in [5.74, 6) is -2.64. The molecule has 0 amide bonds. The summed E-state index contributed by atoms with van der Waals surface area (Å²) in [5.41, 5.74) is -0.933. The highest BCUT2D eigenvalue weighted by Gasteiger charge is 2.25. The van der Waals surface area contributed by atoms with Crippen LogP contribution in [0.15, 0.2) is 53.6 Å². The highest BCUT2D eigenvalue weighted by Crippen LogP contribution is 2.37. The molecular weight excluding hydrogens is 438 g/mol. The van der Waals surface area contributed by atoms with Gasteiger partial charge in [-0.05, 0) is 24.3 Å². The summed E-state index contributed by atoms with van der Waals surface area (Å²) >= 11 is 6.00. The molecule has 0 spiro atoms. The Balaban J connectivity index is 1.89. The molecule has 0 aliphatic carbocycles. The maximum Gasteiger partial charge on any atom is 0.260 e. The van der Waals surface area contributed by atoms with E-state index in [1.807, 2.05) is 30.3 Å². The van der Waals surface area contributed by atoms with Crippen LogP contribution < -0.4 is 16.2 Å². The van der Waals surface area contributed by atoms with Crippen molar-refractivity contribution in [1.82, 2.24) is 9.97 Å². The standard InChI is InChI=1S/C22H11ClF2N6O/c23-17-19(25)12(8-26)18(24)13(9-27)20(17)31-15-7-6-14(30-11-4-2-1-3-5-11)16-21(15)28-10-29-22(16)32/h1-7,10,30-31H,(H,28,29,32). The monoisotopic (exact) mass is 448 g/mol. The molecular formula is C22H11ClF2N6O. The fourth-order valence-corrected chi connectivity index (χ4v) is 3.42. The smallest absolute Gasteiger partial charge is 0.260 e. The molecule has 0 bridgehead atoms. The number of benzene rings is 3. The third-order valence-corrected chi connectivity index (χ3v) is 5.01. The molecule has 0 radical (unpaired) electrons. The van der Waals surface area contributed by atoms with Crippen LogP contribution in [-0.2, 0) is 0 Å². The molecule has 1 aromatic heterocycles. The summed E-state index contributed by atoms with van der Waals surface area (Å²) in [4.78, 5) is 19.2. The molecule has 4 rings (SSSR count). The lowest BCUT2D eigenvalue weighted by Gasteiger charge is -2.16. The molecule has 0 fully saturated rings. The first-order valence-electron chi connectivity index (χ1n) is 9.06. The predicted molar refractivity (Wildman–Crippen MR) is 116 cm³/mol. The van der Waals surface area contributed by atoms with Gasteiger partial charge in [-0.15, -0.1) is 0 Å². The van der Waals surface area contributed by atoms with Crippen LogP contribution in [0.3, 0.4) is 0 Å². The molecule has 0 aliphatic heterocycles. The van der Waals surface area contributed by atoms with Crippen molar-refractivity contribution in [3.05, 3.63) is 86.9 Å². The largest absolute Gasteiger partial charge is 0.355 e. The Bertz CT molecular complexity index is 1510. The van der Waals surface area contributed by atoms with E-state index in [1.165, 1.54) is 18.5 Å². The fraction of sp³-hybridized carbons (Fsp3) is 0. The van der Waals surface area contributed by atoms with Crippen molar-refractivity contribution in [3.8, 4) is 12.1 Å². The molecule has 3 aromatic carbocycles. The Kier molecular flexibility index (Phi) is 5.42. The number of anilines is 4. The van der Waals surface area contributed by atoms with Gasteiger partial charge in [0.15, 0.2) is 11.6 Å². The SMILES string of the molecule is N#Cc1c(F)c(Cl)c(Nc2ccc(Nc3ccccc3)c3c(=O)[nH]cnc23)c(C#N)c1F. The van der Waals surface area contributed by atoms with E-state index < -0.39 is 33.3 Å². The number of aromatic amines is 1. The maximum absolute atomic E-state index is 14.5. The van der Waals surface area contributed by atoms with Crippen LogP contribution in [0.4, 0.5) is 31.5 Å². The van der Waals surface area contributed by atoms with Crippen LogP contribution >= 0.6 is 11.6 Å². The van der Waals surface area contributed by atoms with Crippen LogP contribution in [0.5, 0.6) is 0 Å². The number of nitriles is 2. The van der Waals surface area contributed by atoms with Crippen molar-refractivity contribution in [3.63, 3.8) is 0 Å². The molecule has 0 saturated carbocycles. The number of para-hydroxylation sites is 1. The molecule has 0 atom stereocenters. The quantitative estimate of drug-likeness (QED) is 0.374. The van der Waals surface area contributed by atoms with Gasteiger partial charge in [-0.25, -0.2) is 13.8 Å². The van der Waals surface area contributed by atoms with Gasteiger partial charge in [-0.1, -0.05) is 29.8 Å². The van der Waals surface area contributed by atoms with E-state index in [2.05, 4.69) is 20.6 Å². The van der Waals surface area contributed by atoms with Gasteiger partial charge < -0.3 is 15.6 Å². The summed E-state index contributed by atoms with van der Waals surface area (Å²) in [6, 6.07) is 15.1. The summed E-state index contributed by atoms with van der Waals surface area (Å²) < 4.78 is 28.9. The Hall–Kier alpha value is -4.47. The minimum atomic E-state index is -1.34. The Morgan fingerprint density at radius 1 is 0.938 bits per heavy atom. The van der Waals surface area contributed by atoms with E-state index in [0.717, 1.165) is 5.69 Å². The van der Waals surface area contributed by atoms with Crippen molar-refractivity contribution in [2.75, 3.05) is 10.6 Å². The number of aromatic nitrogens is 2. The number of hydrogen-bond acceptors (Lipinski definition) is 6. The van der Waals surface area contributed by atoms with E-state index >= 15 is 0 Å². The number of H-pyrrole nitrogens is 1. The summed E-state index contributed by atoms with van der Waals surface area (Å²) in [6.45, 7) is 0. The molecule has 7 nitrogen and oxygen atoms in total. The first kappa shape index (κ1) is 20.8. The molecule has 10 heteroatoms. The van der Waals surface area contributed by atoms with Gasteiger partial charge >= 0.3 is 0 Å². The second kappa shape index (κ2) is 8.34. The second-order valence-corrected chi connectivity index (χ2v) is 6.90. The van der Waals surface area contributed by atoms with E-state index in [9.17, 15) is 18.8 Å². The zero-order valence-corrected chi connectivity index (χ0v) is 16.8. The lowest BCUT2D eigenvalue weighted by molar-refractivity contribution is 0.576. The van der Waals surface area contributed by atoms with Gasteiger partial charge in [-0.3, -0.25) is 4.79 Å². The van der Waals surface area contributed by atoms with Crippen LogP contribution in [0, 0.1) is 34.3 Å². The summed E-state index contributed by atoms with van der Waals surface area (Å²) in [7, 11) is 0. The van der Waals surface area contributed by atoms with Crippen molar-refractivity contribution >= 4 is 45.3 Å². The van der Waals surface area contributed by atoms with Crippen LogP contribution in [0.1, 0.15) is 11.1 Å². The van der Waals surface area contributed by atoms with Crippen LogP contribution in [-0.4, -0.2) is 9.97 Å².